The van der Waals surface area contributed by atoms with Gasteiger partial charge in [-0.05, 0) is 37.7 Å². The Bertz CT molecular complexity index is 292. The lowest BCUT2D eigenvalue weighted by Gasteiger charge is -2.32. The van der Waals surface area contributed by atoms with Gasteiger partial charge in [-0.3, -0.25) is 4.79 Å². The number of carbonyl (C=O) groups excluding carboxylic acids is 1. The van der Waals surface area contributed by atoms with Gasteiger partial charge in [0.15, 0.2) is 0 Å². The summed E-state index contributed by atoms with van der Waals surface area (Å²) in [4.78, 5) is 10.9. The minimum absolute atomic E-state index is 0.242. The van der Waals surface area contributed by atoms with Gasteiger partial charge in [0.1, 0.15) is 5.78 Å². The lowest BCUT2D eigenvalue weighted by atomic mass is 9.73. The summed E-state index contributed by atoms with van der Waals surface area (Å²) in [6.45, 7) is 8.31. The van der Waals surface area contributed by atoms with Crippen molar-refractivity contribution < 1.29 is 4.79 Å². The molecular weight excluding hydrogens is 172 g/mol. The number of hydrogen-bond donors (Lipinski definition) is 0. The van der Waals surface area contributed by atoms with E-state index in [1.54, 1.807) is 6.92 Å². The summed E-state index contributed by atoms with van der Waals surface area (Å²) >= 11 is 0. The van der Waals surface area contributed by atoms with Crippen LogP contribution in [-0.4, -0.2) is 5.78 Å². The molecule has 1 nitrogen and oxygen atoms in total. The Morgan fingerprint density at radius 2 is 2.21 bits per heavy atom. The van der Waals surface area contributed by atoms with Gasteiger partial charge in [-0.1, -0.05) is 31.6 Å². The smallest absolute Gasteiger partial charge is 0.133 e. The van der Waals surface area contributed by atoms with Gasteiger partial charge in [0, 0.05) is 6.42 Å². The summed E-state index contributed by atoms with van der Waals surface area (Å²) in [6, 6.07) is 0. The monoisotopic (exact) mass is 192 g/mol. The Balaban J connectivity index is 2.91. The number of carbonyl (C=O) groups is 1. The summed E-state index contributed by atoms with van der Waals surface area (Å²) in [6.07, 6.45) is 7.30. The van der Waals surface area contributed by atoms with Crippen molar-refractivity contribution in [2.24, 2.45) is 5.41 Å². The molecule has 0 aliphatic heterocycles. The van der Waals surface area contributed by atoms with Gasteiger partial charge in [-0.15, -0.1) is 0 Å². The van der Waals surface area contributed by atoms with E-state index < -0.39 is 0 Å². The van der Waals surface area contributed by atoms with Crippen LogP contribution < -0.4 is 0 Å². The quantitative estimate of drug-likeness (QED) is 0.652. The minimum atomic E-state index is 0.242. The van der Waals surface area contributed by atoms with E-state index in [0.29, 0.717) is 6.42 Å². The third-order valence-electron chi connectivity index (χ3n) is 2.97. The highest BCUT2D eigenvalue weighted by Crippen LogP contribution is 2.40. The Morgan fingerprint density at radius 3 is 2.71 bits per heavy atom. The third-order valence-corrected chi connectivity index (χ3v) is 2.97. The van der Waals surface area contributed by atoms with Crippen molar-refractivity contribution in [2.75, 3.05) is 0 Å². The molecule has 0 aromatic rings. The second kappa shape index (κ2) is 4.12. The van der Waals surface area contributed by atoms with Crippen LogP contribution in [0.15, 0.2) is 23.3 Å². The first kappa shape index (κ1) is 11.2. The van der Waals surface area contributed by atoms with Crippen LogP contribution in [0.2, 0.25) is 0 Å². The molecule has 78 valence electrons. The second-order valence-electron chi connectivity index (χ2n) is 4.83. The van der Waals surface area contributed by atoms with E-state index in [1.165, 1.54) is 17.6 Å². The predicted molar refractivity (Wildman–Crippen MR) is 60.2 cm³/mol. The number of ketones is 1. The standard InChI is InChI=1S/C13H20O/c1-10-6-5-9-13(3,4)12(10)8-7-11(2)14/h6,8H,5,7,9H2,1-4H3/b12-8-. The van der Waals surface area contributed by atoms with Crippen molar-refractivity contribution >= 4 is 5.78 Å². The maximum absolute atomic E-state index is 10.9. The molecule has 0 atom stereocenters. The molecule has 1 heteroatoms. The SMILES string of the molecule is CC(=O)C/C=C1/C(C)=CCCC1(C)C. The first-order valence-corrected chi connectivity index (χ1v) is 5.31. The molecule has 0 amide bonds. The zero-order valence-corrected chi connectivity index (χ0v) is 9.68. The summed E-state index contributed by atoms with van der Waals surface area (Å²) in [5.74, 6) is 0.242. The summed E-state index contributed by atoms with van der Waals surface area (Å²) in [7, 11) is 0. The van der Waals surface area contributed by atoms with Crippen LogP contribution in [-0.2, 0) is 4.79 Å². The van der Waals surface area contributed by atoms with Gasteiger partial charge in [0.05, 0.1) is 0 Å². The third kappa shape index (κ3) is 2.57. The summed E-state index contributed by atoms with van der Waals surface area (Å²) in [5.41, 5.74) is 2.95. The summed E-state index contributed by atoms with van der Waals surface area (Å²) in [5, 5.41) is 0. The fourth-order valence-corrected chi connectivity index (χ4v) is 2.11. The fraction of sp³-hybridized carbons (Fsp3) is 0.615. The average Bonchev–Trinajstić information content (AvgIpc) is 2.01. The van der Waals surface area contributed by atoms with Crippen molar-refractivity contribution in [3.63, 3.8) is 0 Å². The van der Waals surface area contributed by atoms with Crippen LogP contribution >= 0.6 is 0 Å². The number of rotatable bonds is 2. The van der Waals surface area contributed by atoms with E-state index in [2.05, 4.69) is 32.9 Å². The first-order valence-electron chi connectivity index (χ1n) is 5.31. The lowest BCUT2D eigenvalue weighted by Crippen LogP contribution is -2.19. The van der Waals surface area contributed by atoms with E-state index in [-0.39, 0.29) is 11.2 Å². The zero-order valence-electron chi connectivity index (χ0n) is 9.68. The molecular formula is C13H20O. The molecule has 0 fully saturated rings. The molecule has 0 N–H and O–H groups in total. The molecule has 0 saturated heterocycles. The van der Waals surface area contributed by atoms with E-state index in [0.717, 1.165) is 6.42 Å². The van der Waals surface area contributed by atoms with Crippen molar-refractivity contribution in [1.82, 2.24) is 0 Å². The Kier molecular flexibility index (Phi) is 3.30. The maximum atomic E-state index is 10.9. The van der Waals surface area contributed by atoms with Crippen molar-refractivity contribution in [3.8, 4) is 0 Å². The average molecular weight is 192 g/mol. The van der Waals surface area contributed by atoms with Crippen LogP contribution in [0.5, 0.6) is 0 Å². The van der Waals surface area contributed by atoms with E-state index in [4.69, 9.17) is 0 Å². The molecule has 0 bridgehead atoms. The molecule has 1 aliphatic carbocycles. The Labute approximate surface area is 86.9 Å². The molecule has 1 rings (SSSR count). The van der Waals surface area contributed by atoms with Crippen LogP contribution in [0.4, 0.5) is 0 Å². The summed E-state index contributed by atoms with van der Waals surface area (Å²) < 4.78 is 0. The molecule has 0 heterocycles. The highest BCUT2D eigenvalue weighted by molar-refractivity contribution is 5.77. The molecule has 0 radical (unpaired) electrons. The highest BCUT2D eigenvalue weighted by Gasteiger charge is 2.26. The van der Waals surface area contributed by atoms with Gasteiger partial charge in [0.2, 0.25) is 0 Å². The second-order valence-corrected chi connectivity index (χ2v) is 4.83. The van der Waals surface area contributed by atoms with Gasteiger partial charge in [0.25, 0.3) is 0 Å². The van der Waals surface area contributed by atoms with Gasteiger partial charge < -0.3 is 0 Å². The number of allylic oxidation sites excluding steroid dienone is 4. The molecule has 1 aliphatic rings. The van der Waals surface area contributed by atoms with Crippen LogP contribution in [0, 0.1) is 5.41 Å². The molecule has 0 aromatic heterocycles. The number of hydrogen-bond acceptors (Lipinski definition) is 1. The first-order chi connectivity index (χ1) is 6.43. The molecule has 0 unspecified atom stereocenters. The van der Waals surface area contributed by atoms with E-state index >= 15 is 0 Å². The highest BCUT2D eigenvalue weighted by atomic mass is 16.1. The largest absolute Gasteiger partial charge is 0.300 e. The van der Waals surface area contributed by atoms with E-state index in [9.17, 15) is 4.79 Å². The molecule has 0 spiro atoms. The molecule has 0 aromatic carbocycles. The molecule has 14 heavy (non-hydrogen) atoms. The van der Waals surface area contributed by atoms with Crippen molar-refractivity contribution in [3.05, 3.63) is 23.3 Å². The van der Waals surface area contributed by atoms with Gasteiger partial charge in [-0.2, -0.15) is 0 Å². The van der Waals surface area contributed by atoms with Gasteiger partial charge in [-0.25, -0.2) is 0 Å². The predicted octanol–water partition coefficient (Wildman–Crippen LogP) is 3.66. The lowest BCUT2D eigenvalue weighted by molar-refractivity contribution is -0.116. The van der Waals surface area contributed by atoms with Crippen LogP contribution in [0.25, 0.3) is 0 Å². The maximum Gasteiger partial charge on any atom is 0.133 e. The Morgan fingerprint density at radius 1 is 1.57 bits per heavy atom. The minimum Gasteiger partial charge on any atom is -0.300 e. The number of Topliss-reactive ketones (excluding diaryl/α,β-unsaturated/α-hetero) is 1. The van der Waals surface area contributed by atoms with Crippen LogP contribution in [0.3, 0.4) is 0 Å². The Hall–Kier alpha value is -0.850. The fourth-order valence-electron chi connectivity index (χ4n) is 2.11. The van der Waals surface area contributed by atoms with Crippen LogP contribution in [0.1, 0.15) is 47.0 Å². The topological polar surface area (TPSA) is 17.1 Å². The van der Waals surface area contributed by atoms with E-state index in [1.807, 2.05) is 0 Å². The van der Waals surface area contributed by atoms with Crippen molar-refractivity contribution in [1.29, 1.82) is 0 Å². The normalized spacial score (nSPS) is 23.4. The van der Waals surface area contributed by atoms with Crippen molar-refractivity contribution in [2.45, 2.75) is 47.0 Å². The molecule has 0 saturated carbocycles. The van der Waals surface area contributed by atoms with Gasteiger partial charge >= 0.3 is 0 Å². The zero-order chi connectivity index (χ0) is 10.8.